The molecule has 2 N–H and O–H groups in total. The summed E-state index contributed by atoms with van der Waals surface area (Å²) in [6.07, 6.45) is 0.522. The Hall–Kier alpha value is -2.12. The fourth-order valence-electron chi connectivity index (χ4n) is 3.27. The summed E-state index contributed by atoms with van der Waals surface area (Å²) in [6, 6.07) is 8.55. The van der Waals surface area contributed by atoms with Gasteiger partial charge < -0.3 is 19.9 Å². The second-order valence-electron chi connectivity index (χ2n) is 5.99. The van der Waals surface area contributed by atoms with Crippen LogP contribution in [0.25, 0.3) is 0 Å². The smallest absolute Gasteiger partial charge is 0.169 e. The molecule has 0 radical (unpaired) electrons. The number of nitrogens with two attached hydrogens (primary N) is 1. The number of hydrogen-bond acceptors (Lipinski definition) is 5. The van der Waals surface area contributed by atoms with Crippen LogP contribution in [0.5, 0.6) is 17.2 Å². The van der Waals surface area contributed by atoms with E-state index in [2.05, 4.69) is 15.9 Å². The molecular weight excluding hydrogens is 391 g/mol. The largest absolute Gasteiger partial charge is 0.497 e. The summed E-state index contributed by atoms with van der Waals surface area (Å²) in [5, 5.41) is 0. The minimum atomic E-state index is -0.983. The topological polar surface area (TPSA) is 66.1 Å². The van der Waals surface area contributed by atoms with Gasteiger partial charge in [0, 0.05) is 28.1 Å². The Morgan fingerprint density at radius 1 is 1.28 bits per heavy atom. The maximum atomic E-state index is 14.7. The van der Waals surface area contributed by atoms with Crippen LogP contribution in [0.15, 0.2) is 39.8 Å². The van der Waals surface area contributed by atoms with Gasteiger partial charge in [-0.05, 0) is 24.3 Å². The second-order valence-corrected chi connectivity index (χ2v) is 6.91. The number of nitrogens with zero attached hydrogens (tertiary/aromatic N) is 1. The summed E-state index contributed by atoms with van der Waals surface area (Å²) < 4.78 is 32.4. The van der Waals surface area contributed by atoms with Crippen LogP contribution in [0.3, 0.4) is 0 Å². The van der Waals surface area contributed by atoms with Gasteiger partial charge in [0.25, 0.3) is 0 Å². The van der Waals surface area contributed by atoms with E-state index in [4.69, 9.17) is 24.9 Å². The van der Waals surface area contributed by atoms with E-state index >= 15 is 0 Å². The molecule has 5 nitrogen and oxygen atoms in total. The molecule has 0 aliphatic carbocycles. The molecule has 130 valence electrons. The summed E-state index contributed by atoms with van der Waals surface area (Å²) in [5.74, 6) is 0.981. The number of ether oxygens (including phenoxy) is 3. The summed E-state index contributed by atoms with van der Waals surface area (Å²) in [4.78, 5) is 4.75. The summed E-state index contributed by atoms with van der Waals surface area (Å²) in [7, 11) is 1.49. The number of amidine groups is 1. The van der Waals surface area contributed by atoms with Crippen LogP contribution in [0.4, 0.5) is 4.39 Å². The molecule has 0 saturated heterocycles. The van der Waals surface area contributed by atoms with Crippen molar-refractivity contribution in [2.75, 3.05) is 20.3 Å². The molecule has 2 aromatic carbocycles. The van der Waals surface area contributed by atoms with Gasteiger partial charge in [-0.2, -0.15) is 0 Å². The average molecular weight is 407 g/mol. The van der Waals surface area contributed by atoms with E-state index in [1.54, 1.807) is 12.1 Å². The molecule has 7 heteroatoms. The molecule has 1 spiro atoms. The Kier molecular flexibility index (Phi) is 3.92. The van der Waals surface area contributed by atoms with Crippen LogP contribution >= 0.6 is 15.9 Å². The van der Waals surface area contributed by atoms with Gasteiger partial charge in [-0.15, -0.1) is 0 Å². The molecule has 2 heterocycles. The third kappa shape index (κ3) is 2.58. The molecule has 2 aromatic rings. The Balaban J connectivity index is 2.06. The van der Waals surface area contributed by atoms with Gasteiger partial charge in [0.1, 0.15) is 17.0 Å². The number of aliphatic imine (C=N–C) groups is 1. The van der Waals surface area contributed by atoms with Crippen molar-refractivity contribution in [2.45, 2.75) is 12.0 Å². The Labute approximate surface area is 152 Å². The first-order chi connectivity index (χ1) is 12.0. The van der Waals surface area contributed by atoms with Crippen molar-refractivity contribution in [1.29, 1.82) is 0 Å². The van der Waals surface area contributed by atoms with E-state index in [9.17, 15) is 4.39 Å². The van der Waals surface area contributed by atoms with Gasteiger partial charge >= 0.3 is 0 Å². The predicted molar refractivity (Wildman–Crippen MR) is 95.0 cm³/mol. The average Bonchev–Trinajstić information content (AvgIpc) is 2.79. The molecule has 1 atom stereocenters. The van der Waals surface area contributed by atoms with E-state index in [0.717, 1.165) is 10.0 Å². The molecule has 0 aromatic heterocycles. The van der Waals surface area contributed by atoms with E-state index in [-0.39, 0.29) is 12.4 Å². The Morgan fingerprint density at radius 2 is 2.12 bits per heavy atom. The number of benzene rings is 2. The number of rotatable bonds is 1. The lowest BCUT2D eigenvalue weighted by Gasteiger charge is -2.36. The lowest BCUT2D eigenvalue weighted by molar-refractivity contribution is 0.106. The number of hydrogen-bond donors (Lipinski definition) is 1. The Bertz CT molecular complexity index is 887. The molecular formula is C18H16BrFN2O3. The molecule has 0 bridgehead atoms. The fourth-order valence-corrected chi connectivity index (χ4v) is 3.63. The molecule has 0 amide bonds. The van der Waals surface area contributed by atoms with Crippen LogP contribution in [0, 0.1) is 5.82 Å². The normalized spacial score (nSPS) is 21.6. The standard InChI is InChI=1S/C18H16BrFN2O3/c1-23-11-7-13-17(14(20)8-11)25-15-3-2-10(19)6-12(15)18(13)9-24-5-4-16(21)22-18/h2-3,6-8H,4-5,9H2,1H3,(H2,21,22). The van der Waals surface area contributed by atoms with Gasteiger partial charge in [-0.25, -0.2) is 4.39 Å². The van der Waals surface area contributed by atoms with Gasteiger partial charge in [-0.3, -0.25) is 4.99 Å². The van der Waals surface area contributed by atoms with E-state index < -0.39 is 11.4 Å². The highest BCUT2D eigenvalue weighted by atomic mass is 79.9. The molecule has 0 saturated carbocycles. The molecule has 1 unspecified atom stereocenters. The maximum absolute atomic E-state index is 14.7. The van der Waals surface area contributed by atoms with Crippen molar-refractivity contribution in [1.82, 2.24) is 0 Å². The van der Waals surface area contributed by atoms with Crippen molar-refractivity contribution >= 4 is 21.8 Å². The first-order valence-corrected chi connectivity index (χ1v) is 8.60. The quantitative estimate of drug-likeness (QED) is 0.783. The highest BCUT2D eigenvalue weighted by Gasteiger charge is 2.45. The summed E-state index contributed by atoms with van der Waals surface area (Å²) in [5.41, 5.74) is 6.42. The zero-order chi connectivity index (χ0) is 17.6. The Morgan fingerprint density at radius 3 is 2.92 bits per heavy atom. The zero-order valence-electron chi connectivity index (χ0n) is 13.5. The molecule has 2 aliphatic heterocycles. The first-order valence-electron chi connectivity index (χ1n) is 7.81. The van der Waals surface area contributed by atoms with Crippen molar-refractivity contribution < 1.29 is 18.6 Å². The predicted octanol–water partition coefficient (Wildman–Crippen LogP) is 3.72. The first kappa shape index (κ1) is 16.4. The van der Waals surface area contributed by atoms with Crippen molar-refractivity contribution in [3.8, 4) is 17.2 Å². The number of methoxy groups -OCH3 is 1. The lowest BCUT2D eigenvalue weighted by Crippen LogP contribution is -2.35. The minimum Gasteiger partial charge on any atom is -0.497 e. The van der Waals surface area contributed by atoms with E-state index in [1.165, 1.54) is 13.2 Å². The summed E-state index contributed by atoms with van der Waals surface area (Å²) in [6.45, 7) is 0.698. The van der Waals surface area contributed by atoms with E-state index in [0.29, 0.717) is 35.9 Å². The monoisotopic (exact) mass is 406 g/mol. The van der Waals surface area contributed by atoms with Gasteiger partial charge in [-0.1, -0.05) is 15.9 Å². The van der Waals surface area contributed by atoms with Crippen LogP contribution in [-0.2, 0) is 10.3 Å². The van der Waals surface area contributed by atoms with Crippen molar-refractivity contribution in [3.63, 3.8) is 0 Å². The van der Waals surface area contributed by atoms with Crippen LogP contribution < -0.4 is 15.2 Å². The lowest BCUT2D eigenvalue weighted by atomic mass is 9.81. The highest BCUT2D eigenvalue weighted by molar-refractivity contribution is 9.10. The van der Waals surface area contributed by atoms with Gasteiger partial charge in [0.2, 0.25) is 0 Å². The fraction of sp³-hybridized carbons (Fsp3) is 0.278. The third-order valence-electron chi connectivity index (χ3n) is 4.45. The highest BCUT2D eigenvalue weighted by Crippen LogP contribution is 2.52. The van der Waals surface area contributed by atoms with Crippen LogP contribution in [0.2, 0.25) is 0 Å². The van der Waals surface area contributed by atoms with Crippen LogP contribution in [-0.4, -0.2) is 26.2 Å². The van der Waals surface area contributed by atoms with Crippen LogP contribution in [0.1, 0.15) is 17.5 Å². The van der Waals surface area contributed by atoms with E-state index in [1.807, 2.05) is 12.1 Å². The van der Waals surface area contributed by atoms with Gasteiger partial charge in [0.05, 0.1) is 26.2 Å². The zero-order valence-corrected chi connectivity index (χ0v) is 15.1. The SMILES string of the molecule is COc1cc(F)c2c(c1)C1(COCCC(N)=N1)c1cc(Br)ccc1O2. The van der Waals surface area contributed by atoms with Crippen molar-refractivity contribution in [3.05, 3.63) is 51.7 Å². The number of fused-ring (bicyclic) bond motifs is 4. The van der Waals surface area contributed by atoms with Gasteiger partial charge in [0.15, 0.2) is 11.6 Å². The molecule has 4 rings (SSSR count). The minimum absolute atomic E-state index is 0.123. The second kappa shape index (κ2) is 6.00. The van der Waals surface area contributed by atoms with Crippen molar-refractivity contribution in [2.24, 2.45) is 10.7 Å². The third-order valence-corrected chi connectivity index (χ3v) is 4.94. The molecule has 0 fully saturated rings. The molecule has 2 aliphatic rings. The number of halogens is 2. The maximum Gasteiger partial charge on any atom is 0.169 e. The molecule has 25 heavy (non-hydrogen) atoms. The summed E-state index contributed by atoms with van der Waals surface area (Å²) >= 11 is 3.48.